The number of ketones is 1. The third-order valence-electron chi connectivity index (χ3n) is 5.29. The number of fused-ring (bicyclic) bond motifs is 1. The lowest BCUT2D eigenvalue weighted by molar-refractivity contribution is -0.114. The van der Waals surface area contributed by atoms with Crippen LogP contribution in [0.2, 0.25) is 0 Å². The lowest BCUT2D eigenvalue weighted by atomic mass is 9.88. The van der Waals surface area contributed by atoms with Crippen LogP contribution in [0.25, 0.3) is 5.70 Å². The number of carbonyl (C=O) groups is 1. The predicted molar refractivity (Wildman–Crippen MR) is 95.6 cm³/mol. The highest BCUT2D eigenvalue weighted by atomic mass is 16.5. The summed E-state index contributed by atoms with van der Waals surface area (Å²) in [4.78, 5) is 19.3. The molecule has 0 aromatic carbocycles. The van der Waals surface area contributed by atoms with Gasteiger partial charge in [-0.2, -0.15) is 0 Å². The number of hydrogen-bond acceptors (Lipinski definition) is 5. The molecule has 2 aliphatic rings. The maximum Gasteiger partial charge on any atom is 0.177 e. The first-order valence-corrected chi connectivity index (χ1v) is 8.61. The van der Waals surface area contributed by atoms with E-state index >= 15 is 0 Å². The Balaban J connectivity index is 2.05. The first kappa shape index (κ1) is 17.7. The van der Waals surface area contributed by atoms with Gasteiger partial charge in [-0.3, -0.25) is 4.79 Å². The molecular weight excluding hydrogens is 316 g/mol. The van der Waals surface area contributed by atoms with Crippen LogP contribution < -0.4 is 0 Å². The number of pyridine rings is 1. The number of methoxy groups -OCH3 is 1. The zero-order chi connectivity index (χ0) is 18.2. The molecule has 0 saturated carbocycles. The van der Waals surface area contributed by atoms with Gasteiger partial charge in [0.15, 0.2) is 5.78 Å². The van der Waals surface area contributed by atoms with Crippen molar-refractivity contribution in [3.8, 4) is 12.3 Å². The van der Waals surface area contributed by atoms with E-state index < -0.39 is 6.10 Å². The Hall–Kier alpha value is -2.16. The van der Waals surface area contributed by atoms with Crippen molar-refractivity contribution in [3.05, 3.63) is 34.7 Å². The smallest absolute Gasteiger partial charge is 0.177 e. The number of aromatic nitrogens is 1. The van der Waals surface area contributed by atoms with Crippen molar-refractivity contribution in [2.75, 3.05) is 20.2 Å². The highest BCUT2D eigenvalue weighted by Crippen LogP contribution is 2.35. The van der Waals surface area contributed by atoms with Gasteiger partial charge in [-0.05, 0) is 38.3 Å². The Morgan fingerprint density at radius 2 is 2.08 bits per heavy atom. The number of rotatable bonds is 3. The van der Waals surface area contributed by atoms with Crippen LogP contribution in [0.3, 0.4) is 0 Å². The SMILES string of the molecule is C#CC1=C(N2CCC(C)(OC)CC2)c2nc(C(C)O)ccc2CC1=O. The number of aliphatic hydroxyl groups excluding tert-OH is 1. The largest absolute Gasteiger partial charge is 0.387 e. The van der Waals surface area contributed by atoms with E-state index in [2.05, 4.69) is 22.7 Å². The van der Waals surface area contributed by atoms with Crippen LogP contribution in [0.5, 0.6) is 0 Å². The average Bonchev–Trinajstić information content (AvgIpc) is 2.61. The Morgan fingerprint density at radius 3 is 2.64 bits per heavy atom. The van der Waals surface area contributed by atoms with Gasteiger partial charge in [0.1, 0.15) is 0 Å². The molecule has 1 aromatic rings. The Kier molecular flexibility index (Phi) is 4.68. The third kappa shape index (κ3) is 3.20. The summed E-state index contributed by atoms with van der Waals surface area (Å²) in [5.41, 5.74) is 3.15. The fourth-order valence-corrected chi connectivity index (χ4v) is 3.46. The number of likely N-dealkylation sites (tertiary alicyclic amines) is 1. The summed E-state index contributed by atoms with van der Waals surface area (Å²) in [6.07, 6.45) is 6.96. The quantitative estimate of drug-likeness (QED) is 0.854. The molecule has 5 nitrogen and oxygen atoms in total. The van der Waals surface area contributed by atoms with Gasteiger partial charge in [-0.25, -0.2) is 4.98 Å². The molecule has 2 heterocycles. The highest BCUT2D eigenvalue weighted by molar-refractivity contribution is 6.09. The summed E-state index contributed by atoms with van der Waals surface area (Å²) in [5.74, 6) is 2.54. The molecule has 0 radical (unpaired) electrons. The van der Waals surface area contributed by atoms with Crippen molar-refractivity contribution in [2.45, 2.75) is 44.8 Å². The molecule has 5 heteroatoms. The summed E-state index contributed by atoms with van der Waals surface area (Å²) in [6.45, 7) is 5.28. The number of ether oxygens (including phenoxy) is 1. The van der Waals surface area contributed by atoms with Crippen molar-refractivity contribution in [2.24, 2.45) is 0 Å². The lowest BCUT2D eigenvalue weighted by Crippen LogP contribution is -2.44. The molecule has 1 saturated heterocycles. The molecule has 1 aliphatic heterocycles. The molecule has 1 aliphatic carbocycles. The van der Waals surface area contributed by atoms with Crippen molar-refractivity contribution in [1.82, 2.24) is 9.88 Å². The number of aliphatic hydroxyl groups is 1. The van der Waals surface area contributed by atoms with Gasteiger partial charge in [0.2, 0.25) is 0 Å². The van der Waals surface area contributed by atoms with Crippen LogP contribution in [0.1, 0.15) is 49.7 Å². The van der Waals surface area contributed by atoms with E-state index in [1.807, 2.05) is 6.07 Å². The van der Waals surface area contributed by atoms with Crippen molar-refractivity contribution in [1.29, 1.82) is 0 Å². The molecule has 0 spiro atoms. The summed E-state index contributed by atoms with van der Waals surface area (Å²) in [5, 5.41) is 9.88. The molecule has 3 rings (SSSR count). The summed E-state index contributed by atoms with van der Waals surface area (Å²) < 4.78 is 5.61. The Labute approximate surface area is 148 Å². The molecule has 1 atom stereocenters. The Bertz CT molecular complexity index is 766. The lowest BCUT2D eigenvalue weighted by Gasteiger charge is -2.41. The molecule has 25 heavy (non-hydrogen) atoms. The van der Waals surface area contributed by atoms with Crippen LogP contribution in [0.4, 0.5) is 0 Å². The van der Waals surface area contributed by atoms with E-state index in [4.69, 9.17) is 11.2 Å². The molecule has 1 fully saturated rings. The highest BCUT2D eigenvalue weighted by Gasteiger charge is 2.35. The fraction of sp³-hybridized carbons (Fsp3) is 0.500. The van der Waals surface area contributed by atoms with Crippen LogP contribution >= 0.6 is 0 Å². The van der Waals surface area contributed by atoms with Crippen LogP contribution in [-0.4, -0.2) is 46.6 Å². The van der Waals surface area contributed by atoms with E-state index in [9.17, 15) is 9.90 Å². The number of nitrogens with zero attached hydrogens (tertiary/aromatic N) is 2. The fourth-order valence-electron chi connectivity index (χ4n) is 3.46. The zero-order valence-corrected chi connectivity index (χ0v) is 15.0. The van der Waals surface area contributed by atoms with Crippen molar-refractivity contribution >= 4 is 11.5 Å². The summed E-state index contributed by atoms with van der Waals surface area (Å²) in [6, 6.07) is 3.65. The van der Waals surface area contributed by atoms with Gasteiger partial charge >= 0.3 is 0 Å². The average molecular weight is 340 g/mol. The van der Waals surface area contributed by atoms with Gasteiger partial charge in [0.25, 0.3) is 0 Å². The molecule has 0 bridgehead atoms. The van der Waals surface area contributed by atoms with Crippen molar-refractivity contribution < 1.29 is 14.6 Å². The monoisotopic (exact) mass is 340 g/mol. The molecule has 1 aromatic heterocycles. The second-order valence-corrected chi connectivity index (χ2v) is 7.03. The maximum absolute atomic E-state index is 12.5. The topological polar surface area (TPSA) is 62.7 Å². The minimum Gasteiger partial charge on any atom is -0.387 e. The van der Waals surface area contributed by atoms with Gasteiger partial charge in [0, 0.05) is 26.6 Å². The van der Waals surface area contributed by atoms with Crippen LogP contribution in [0, 0.1) is 12.3 Å². The number of piperidine rings is 1. The van der Waals surface area contributed by atoms with Crippen molar-refractivity contribution in [3.63, 3.8) is 0 Å². The number of carbonyl (C=O) groups excluding carboxylic acids is 1. The predicted octanol–water partition coefficient (Wildman–Crippen LogP) is 2.11. The number of Topliss-reactive ketones (excluding diaryl/α,β-unsaturated/α-hetero) is 1. The summed E-state index contributed by atoms with van der Waals surface area (Å²) in [7, 11) is 1.73. The number of hydrogen-bond donors (Lipinski definition) is 1. The number of allylic oxidation sites excluding steroid dienone is 1. The Morgan fingerprint density at radius 1 is 1.40 bits per heavy atom. The second kappa shape index (κ2) is 6.62. The maximum atomic E-state index is 12.5. The van der Waals surface area contributed by atoms with Gasteiger partial charge in [-0.1, -0.05) is 12.0 Å². The van der Waals surface area contributed by atoms with Gasteiger partial charge in [-0.15, -0.1) is 6.42 Å². The normalized spacial score (nSPS) is 20.9. The molecule has 0 amide bonds. The van der Waals surface area contributed by atoms with E-state index in [1.165, 1.54) is 0 Å². The van der Waals surface area contributed by atoms with E-state index in [0.717, 1.165) is 42.9 Å². The van der Waals surface area contributed by atoms with E-state index in [1.54, 1.807) is 20.1 Å². The molecular formula is C20H24N2O3. The molecule has 1 N–H and O–H groups in total. The zero-order valence-electron chi connectivity index (χ0n) is 15.0. The van der Waals surface area contributed by atoms with E-state index in [0.29, 0.717) is 11.3 Å². The third-order valence-corrected chi connectivity index (χ3v) is 5.29. The van der Waals surface area contributed by atoms with Crippen LogP contribution in [-0.2, 0) is 16.0 Å². The molecule has 132 valence electrons. The van der Waals surface area contributed by atoms with Gasteiger partial charge < -0.3 is 14.7 Å². The van der Waals surface area contributed by atoms with Crippen LogP contribution in [0.15, 0.2) is 17.7 Å². The first-order valence-electron chi connectivity index (χ1n) is 8.61. The minimum absolute atomic E-state index is 0.0447. The standard InChI is InChI=1S/C20H24N2O3/c1-5-15-17(24)12-14-6-7-16(13(2)23)21-18(14)19(15)22-10-8-20(3,25-4)9-11-22/h1,6-7,13,23H,8-12H2,2-4H3. The first-order chi connectivity index (χ1) is 11.9. The van der Waals surface area contributed by atoms with Gasteiger partial charge in [0.05, 0.1) is 34.4 Å². The van der Waals surface area contributed by atoms with E-state index in [-0.39, 0.29) is 17.8 Å². The molecule has 1 unspecified atom stereocenters. The second-order valence-electron chi connectivity index (χ2n) is 7.03. The minimum atomic E-state index is -0.670. The summed E-state index contributed by atoms with van der Waals surface area (Å²) >= 11 is 0. The number of terminal acetylenes is 1.